The van der Waals surface area contributed by atoms with Gasteiger partial charge in [0, 0.05) is 21.8 Å². The quantitative estimate of drug-likeness (QED) is 0.543. The van der Waals surface area contributed by atoms with Crippen LogP contribution in [0.1, 0.15) is 18.7 Å². The molecule has 6 heteroatoms. The number of methoxy groups -OCH3 is 1. The molecule has 1 aliphatic heterocycles. The number of halogens is 1. The van der Waals surface area contributed by atoms with Crippen molar-refractivity contribution in [2.75, 3.05) is 12.4 Å². The van der Waals surface area contributed by atoms with Crippen LogP contribution in [0.4, 0.5) is 11.4 Å². The molecule has 25 heavy (non-hydrogen) atoms. The van der Waals surface area contributed by atoms with Gasteiger partial charge in [0.1, 0.15) is 10.4 Å². The molecule has 0 amide bonds. The lowest BCUT2D eigenvalue weighted by atomic mass is 9.90. The summed E-state index contributed by atoms with van der Waals surface area (Å²) in [6.07, 6.45) is 0. The average molecular weight is 389 g/mol. The molecule has 1 aromatic heterocycles. The van der Waals surface area contributed by atoms with Crippen LogP contribution in [0.15, 0.2) is 47.5 Å². The zero-order chi connectivity index (χ0) is 17.6. The molecule has 0 fully saturated rings. The maximum atomic E-state index is 5.99. The van der Waals surface area contributed by atoms with Gasteiger partial charge in [0.2, 0.25) is 0 Å². The first-order valence-corrected chi connectivity index (χ1v) is 10.4. The van der Waals surface area contributed by atoms with Crippen LogP contribution in [-0.4, -0.2) is 7.11 Å². The fourth-order valence-corrected chi connectivity index (χ4v) is 6.05. The van der Waals surface area contributed by atoms with Crippen LogP contribution in [0.5, 0.6) is 5.75 Å². The van der Waals surface area contributed by atoms with Crippen molar-refractivity contribution in [3.8, 4) is 16.9 Å². The smallest absolute Gasteiger partial charge is 0.135 e. The molecule has 3 nitrogen and oxygen atoms in total. The highest BCUT2D eigenvalue weighted by Crippen LogP contribution is 2.46. The monoisotopic (exact) mass is 388 g/mol. The summed E-state index contributed by atoms with van der Waals surface area (Å²) in [4.78, 5) is 6.17. The number of ether oxygens (including phenoxy) is 1. The van der Waals surface area contributed by atoms with Crippen LogP contribution in [0, 0.1) is 0 Å². The summed E-state index contributed by atoms with van der Waals surface area (Å²) in [5.41, 5.74) is 4.21. The standard InChI is InChI=1S/C19H17ClN2OS2/c1-19(2)17-16(14-10-13(23-3)8-9-15(14)22-19)18(25-24-17)21-12-6-4-11(20)5-7-12/h4-10,22H,1-3H3. The second-order valence-corrected chi connectivity index (χ2v) is 8.99. The summed E-state index contributed by atoms with van der Waals surface area (Å²) in [7, 11) is 5.17. The number of benzene rings is 2. The minimum absolute atomic E-state index is 0.133. The molecule has 0 radical (unpaired) electrons. The summed E-state index contributed by atoms with van der Waals surface area (Å²) in [5, 5.41) is 4.35. The third-order valence-electron chi connectivity index (χ3n) is 4.21. The summed E-state index contributed by atoms with van der Waals surface area (Å²) < 4.78 is 6.45. The van der Waals surface area contributed by atoms with Crippen molar-refractivity contribution in [3.63, 3.8) is 0 Å². The van der Waals surface area contributed by atoms with Crippen molar-refractivity contribution < 1.29 is 4.74 Å². The first-order chi connectivity index (χ1) is 12.0. The molecule has 0 unspecified atom stereocenters. The third kappa shape index (κ3) is 2.97. The van der Waals surface area contributed by atoms with Gasteiger partial charge < -0.3 is 10.1 Å². The highest BCUT2D eigenvalue weighted by Gasteiger charge is 2.33. The van der Waals surface area contributed by atoms with Crippen molar-refractivity contribution in [1.82, 2.24) is 0 Å². The lowest BCUT2D eigenvalue weighted by Gasteiger charge is -2.33. The van der Waals surface area contributed by atoms with E-state index in [1.54, 1.807) is 27.8 Å². The average Bonchev–Trinajstić information content (AvgIpc) is 3.02. The number of anilines is 1. The van der Waals surface area contributed by atoms with Crippen molar-refractivity contribution in [1.29, 1.82) is 0 Å². The van der Waals surface area contributed by atoms with Crippen LogP contribution < -0.4 is 14.7 Å². The Hall–Kier alpha value is -1.82. The SMILES string of the molecule is COc1ccc2c(c1)-c1c(ssc1=Nc1ccc(Cl)cc1)C(C)(C)N2. The highest BCUT2D eigenvalue weighted by molar-refractivity contribution is 7.68. The number of hydrogen-bond acceptors (Lipinski definition) is 5. The summed E-state index contributed by atoms with van der Waals surface area (Å²) in [6, 6.07) is 13.8. The largest absolute Gasteiger partial charge is 0.497 e. The maximum absolute atomic E-state index is 5.99. The molecule has 0 aliphatic carbocycles. The number of fused-ring (bicyclic) bond motifs is 3. The van der Waals surface area contributed by atoms with Crippen molar-refractivity contribution >= 4 is 43.7 Å². The Kier molecular flexibility index (Phi) is 4.10. The first kappa shape index (κ1) is 16.6. The van der Waals surface area contributed by atoms with Gasteiger partial charge in [-0.3, -0.25) is 0 Å². The van der Waals surface area contributed by atoms with Gasteiger partial charge in [-0.15, -0.1) is 0 Å². The van der Waals surface area contributed by atoms with Gasteiger partial charge in [0.15, 0.2) is 0 Å². The van der Waals surface area contributed by atoms with Gasteiger partial charge in [0.25, 0.3) is 0 Å². The topological polar surface area (TPSA) is 33.6 Å². The Bertz CT molecular complexity index is 1000. The van der Waals surface area contributed by atoms with Gasteiger partial charge in [-0.1, -0.05) is 32.3 Å². The fourth-order valence-electron chi connectivity index (χ4n) is 2.98. The van der Waals surface area contributed by atoms with Crippen LogP contribution >= 0.6 is 32.3 Å². The third-order valence-corrected chi connectivity index (χ3v) is 7.11. The van der Waals surface area contributed by atoms with Gasteiger partial charge in [-0.05, 0) is 56.3 Å². The van der Waals surface area contributed by atoms with E-state index in [4.69, 9.17) is 21.3 Å². The van der Waals surface area contributed by atoms with Crippen molar-refractivity contribution in [2.24, 2.45) is 4.99 Å². The molecule has 1 N–H and O–H groups in total. The predicted octanol–water partition coefficient (Wildman–Crippen LogP) is 6.03. The Morgan fingerprint density at radius 1 is 1.08 bits per heavy atom. The van der Waals surface area contributed by atoms with E-state index in [1.165, 1.54) is 10.4 Å². The lowest BCUT2D eigenvalue weighted by Crippen LogP contribution is -2.31. The lowest BCUT2D eigenvalue weighted by molar-refractivity contribution is 0.415. The molecule has 4 rings (SSSR count). The molecule has 0 spiro atoms. The Morgan fingerprint density at radius 2 is 1.84 bits per heavy atom. The first-order valence-electron chi connectivity index (χ1n) is 7.88. The number of nitrogens with one attached hydrogen (secondary N) is 1. The van der Waals surface area contributed by atoms with Crippen LogP contribution in [0.2, 0.25) is 5.02 Å². The molecule has 0 bridgehead atoms. The molecule has 0 atom stereocenters. The Balaban J connectivity index is 1.96. The van der Waals surface area contributed by atoms with Gasteiger partial charge in [0.05, 0.1) is 23.2 Å². The van der Waals surface area contributed by atoms with E-state index in [0.717, 1.165) is 32.4 Å². The zero-order valence-corrected chi connectivity index (χ0v) is 16.5. The molecule has 0 saturated carbocycles. The van der Waals surface area contributed by atoms with E-state index in [-0.39, 0.29) is 5.54 Å². The van der Waals surface area contributed by atoms with E-state index in [0.29, 0.717) is 0 Å². The Labute approximate surface area is 159 Å². The van der Waals surface area contributed by atoms with Gasteiger partial charge in [-0.25, -0.2) is 4.99 Å². The van der Waals surface area contributed by atoms with Crippen molar-refractivity contribution in [2.45, 2.75) is 19.4 Å². The van der Waals surface area contributed by atoms with Crippen LogP contribution in [0.25, 0.3) is 11.1 Å². The number of rotatable bonds is 2. The van der Waals surface area contributed by atoms with E-state index in [9.17, 15) is 0 Å². The molecule has 128 valence electrons. The molecule has 0 saturated heterocycles. The van der Waals surface area contributed by atoms with E-state index < -0.39 is 0 Å². The fraction of sp³-hybridized carbons (Fsp3) is 0.211. The van der Waals surface area contributed by atoms with E-state index >= 15 is 0 Å². The maximum Gasteiger partial charge on any atom is 0.135 e. The van der Waals surface area contributed by atoms with E-state index in [2.05, 4.69) is 31.3 Å². The molecular weight excluding hydrogens is 372 g/mol. The predicted molar refractivity (Wildman–Crippen MR) is 108 cm³/mol. The second kappa shape index (κ2) is 6.16. The number of hydrogen-bond donors (Lipinski definition) is 1. The van der Waals surface area contributed by atoms with Crippen molar-refractivity contribution in [3.05, 3.63) is 57.0 Å². The van der Waals surface area contributed by atoms with Gasteiger partial charge >= 0.3 is 0 Å². The minimum atomic E-state index is -0.133. The zero-order valence-electron chi connectivity index (χ0n) is 14.1. The molecular formula is C19H17ClN2OS2. The van der Waals surface area contributed by atoms with E-state index in [1.807, 2.05) is 30.3 Å². The normalized spacial score (nSPS) is 15.3. The number of nitrogens with zero attached hydrogens (tertiary/aromatic N) is 1. The summed E-state index contributed by atoms with van der Waals surface area (Å²) in [6.45, 7) is 4.41. The van der Waals surface area contributed by atoms with Crippen LogP contribution in [0.3, 0.4) is 0 Å². The summed E-state index contributed by atoms with van der Waals surface area (Å²) in [5.74, 6) is 0.847. The highest BCUT2D eigenvalue weighted by atomic mass is 35.5. The molecule has 1 aliphatic rings. The molecule has 2 aromatic carbocycles. The minimum Gasteiger partial charge on any atom is -0.497 e. The molecule has 3 aromatic rings. The van der Waals surface area contributed by atoms with Gasteiger partial charge in [-0.2, -0.15) is 0 Å². The second-order valence-electron chi connectivity index (χ2n) is 6.43. The van der Waals surface area contributed by atoms with Crippen LogP contribution in [-0.2, 0) is 5.54 Å². The summed E-state index contributed by atoms with van der Waals surface area (Å²) >= 11 is 5.99. The Morgan fingerprint density at radius 3 is 2.56 bits per heavy atom. The molecule has 2 heterocycles.